The van der Waals surface area contributed by atoms with Crippen molar-refractivity contribution in [3.63, 3.8) is 0 Å². The van der Waals surface area contributed by atoms with Crippen molar-refractivity contribution >= 4 is 5.97 Å². The third-order valence-corrected chi connectivity index (χ3v) is 4.12. The van der Waals surface area contributed by atoms with Gasteiger partial charge in [0.2, 0.25) is 0 Å². The lowest BCUT2D eigenvalue weighted by Gasteiger charge is -2.44. The molecule has 1 saturated heterocycles. The normalized spacial score (nSPS) is 35.4. The molecule has 2 atom stereocenters. The summed E-state index contributed by atoms with van der Waals surface area (Å²) in [7, 11) is 0. The zero-order chi connectivity index (χ0) is 12.5. The van der Waals surface area contributed by atoms with Crippen LogP contribution in [-0.2, 0) is 9.53 Å². The maximum Gasteiger partial charge on any atom is 0.306 e. The topological polar surface area (TPSA) is 75.1 Å². The van der Waals surface area contributed by atoms with Crippen LogP contribution in [0.15, 0.2) is 5.11 Å². The summed E-state index contributed by atoms with van der Waals surface area (Å²) in [5.41, 5.74) is 8.56. The Morgan fingerprint density at radius 3 is 2.94 bits per heavy atom. The molecule has 5 nitrogen and oxygen atoms in total. The van der Waals surface area contributed by atoms with Gasteiger partial charge in [0.1, 0.15) is 6.10 Å². The van der Waals surface area contributed by atoms with E-state index in [2.05, 4.69) is 23.9 Å². The van der Waals surface area contributed by atoms with Crippen LogP contribution in [0.3, 0.4) is 0 Å². The van der Waals surface area contributed by atoms with E-state index in [0.717, 1.165) is 19.3 Å². The van der Waals surface area contributed by atoms with Gasteiger partial charge in [-0.25, -0.2) is 0 Å². The molecule has 0 bridgehead atoms. The van der Waals surface area contributed by atoms with Crippen molar-refractivity contribution in [3.8, 4) is 0 Å². The lowest BCUT2D eigenvalue weighted by molar-refractivity contribution is -0.141. The van der Waals surface area contributed by atoms with E-state index in [-0.39, 0.29) is 29.4 Å². The second-order valence-electron chi connectivity index (χ2n) is 6.13. The Balaban J connectivity index is 2.20. The molecule has 2 fully saturated rings. The van der Waals surface area contributed by atoms with Crippen LogP contribution in [0.25, 0.3) is 10.4 Å². The Kier molecular flexibility index (Phi) is 3.04. The molecule has 0 N–H and O–H groups in total. The fourth-order valence-corrected chi connectivity index (χ4v) is 3.54. The van der Waals surface area contributed by atoms with Gasteiger partial charge in [0.15, 0.2) is 0 Å². The fourth-order valence-electron chi connectivity index (χ4n) is 3.54. The van der Waals surface area contributed by atoms with Crippen molar-refractivity contribution in [1.82, 2.24) is 0 Å². The highest BCUT2D eigenvalue weighted by atomic mass is 16.6. The van der Waals surface area contributed by atoms with E-state index < -0.39 is 0 Å². The first-order chi connectivity index (χ1) is 7.97. The van der Waals surface area contributed by atoms with Gasteiger partial charge in [0.25, 0.3) is 0 Å². The molecule has 0 radical (unpaired) electrons. The highest BCUT2D eigenvalue weighted by molar-refractivity contribution is 5.73. The van der Waals surface area contributed by atoms with Crippen LogP contribution in [0, 0.1) is 10.8 Å². The number of esters is 1. The summed E-state index contributed by atoms with van der Waals surface area (Å²) in [6.07, 6.45) is 4.58. The van der Waals surface area contributed by atoms with E-state index in [1.165, 1.54) is 6.42 Å². The molecule has 1 heterocycles. The molecule has 17 heavy (non-hydrogen) atoms. The Bertz CT molecular complexity index is 374. The first kappa shape index (κ1) is 12.2. The molecule has 1 spiro atoms. The molecule has 0 amide bonds. The Morgan fingerprint density at radius 2 is 2.29 bits per heavy atom. The smallest absolute Gasteiger partial charge is 0.306 e. The summed E-state index contributed by atoms with van der Waals surface area (Å²) >= 11 is 0. The average molecular weight is 237 g/mol. The number of rotatable bonds is 2. The van der Waals surface area contributed by atoms with Gasteiger partial charge in [0.05, 0.1) is 13.0 Å². The molecule has 0 aromatic rings. The minimum Gasteiger partial charge on any atom is -0.462 e. The fraction of sp³-hybridized carbons (Fsp3) is 0.917. The molecule has 0 aromatic heterocycles. The molecule has 2 rings (SSSR count). The van der Waals surface area contributed by atoms with Crippen molar-refractivity contribution in [2.45, 2.75) is 52.1 Å². The van der Waals surface area contributed by atoms with Crippen molar-refractivity contribution in [3.05, 3.63) is 10.4 Å². The summed E-state index contributed by atoms with van der Waals surface area (Å²) in [5, 5.41) is 3.59. The maximum absolute atomic E-state index is 11.5. The number of nitrogens with zero attached hydrogens (tertiary/aromatic N) is 3. The summed E-state index contributed by atoms with van der Waals surface area (Å²) in [4.78, 5) is 14.3. The molecule has 94 valence electrons. The maximum atomic E-state index is 11.5. The molecule has 0 aromatic carbocycles. The Hall–Kier alpha value is -1.22. The van der Waals surface area contributed by atoms with Crippen LogP contribution in [-0.4, -0.2) is 18.6 Å². The van der Waals surface area contributed by atoms with Gasteiger partial charge in [-0.2, -0.15) is 0 Å². The SMILES string of the molecule is CC1(C)CCCC2(CC(=O)OC2CN=[N+]=[N-])C1. The zero-order valence-corrected chi connectivity index (χ0v) is 10.5. The summed E-state index contributed by atoms with van der Waals surface area (Å²) in [5.74, 6) is -0.138. The molecule has 5 heteroatoms. The number of ether oxygens (including phenoxy) is 1. The van der Waals surface area contributed by atoms with Crippen LogP contribution in [0.4, 0.5) is 0 Å². The summed E-state index contributed by atoms with van der Waals surface area (Å²) in [6, 6.07) is 0. The van der Waals surface area contributed by atoms with E-state index in [4.69, 9.17) is 10.3 Å². The van der Waals surface area contributed by atoms with Crippen molar-refractivity contribution in [2.75, 3.05) is 6.54 Å². The third kappa shape index (κ3) is 2.39. The number of carbonyl (C=O) groups excluding carboxylic acids is 1. The quantitative estimate of drug-likeness (QED) is 0.320. The van der Waals surface area contributed by atoms with Gasteiger partial charge >= 0.3 is 5.97 Å². The second kappa shape index (κ2) is 4.22. The van der Waals surface area contributed by atoms with Crippen LogP contribution in [0.5, 0.6) is 0 Å². The number of azide groups is 1. The van der Waals surface area contributed by atoms with Gasteiger partial charge in [0, 0.05) is 10.3 Å². The van der Waals surface area contributed by atoms with Crippen molar-refractivity contribution in [1.29, 1.82) is 0 Å². The molecule has 2 unspecified atom stereocenters. The minimum atomic E-state index is -0.217. The minimum absolute atomic E-state index is 0.0903. The molecule has 2 aliphatic rings. The second-order valence-corrected chi connectivity index (χ2v) is 6.13. The van der Waals surface area contributed by atoms with E-state index in [9.17, 15) is 4.79 Å². The first-order valence-corrected chi connectivity index (χ1v) is 6.18. The standard InChI is InChI=1S/C12H19N3O2/c1-11(2)4-3-5-12(8-11)6-10(16)17-9(12)7-14-15-13/h9H,3-8H2,1-2H3. The monoisotopic (exact) mass is 237 g/mol. The van der Waals surface area contributed by atoms with E-state index in [0.29, 0.717) is 6.42 Å². The highest BCUT2D eigenvalue weighted by Gasteiger charge is 2.52. The zero-order valence-electron chi connectivity index (χ0n) is 10.5. The van der Waals surface area contributed by atoms with Gasteiger partial charge in [-0.3, -0.25) is 4.79 Å². The van der Waals surface area contributed by atoms with Gasteiger partial charge in [-0.15, -0.1) is 0 Å². The van der Waals surface area contributed by atoms with E-state index in [1.54, 1.807) is 0 Å². The van der Waals surface area contributed by atoms with Gasteiger partial charge in [-0.1, -0.05) is 25.4 Å². The van der Waals surface area contributed by atoms with Crippen molar-refractivity contribution < 1.29 is 9.53 Å². The average Bonchev–Trinajstić information content (AvgIpc) is 2.49. The van der Waals surface area contributed by atoms with E-state index >= 15 is 0 Å². The Labute approximate surface area is 101 Å². The molecular formula is C12H19N3O2. The predicted octanol–water partition coefficient (Wildman–Crippen LogP) is 3.20. The third-order valence-electron chi connectivity index (χ3n) is 4.12. The van der Waals surface area contributed by atoms with Crippen LogP contribution < -0.4 is 0 Å². The van der Waals surface area contributed by atoms with Crippen LogP contribution in [0.2, 0.25) is 0 Å². The number of cyclic esters (lactones) is 1. The van der Waals surface area contributed by atoms with Crippen LogP contribution >= 0.6 is 0 Å². The predicted molar refractivity (Wildman–Crippen MR) is 63.2 cm³/mol. The lowest BCUT2D eigenvalue weighted by atomic mass is 9.60. The molecule has 1 aliphatic heterocycles. The van der Waals surface area contributed by atoms with Crippen molar-refractivity contribution in [2.24, 2.45) is 15.9 Å². The largest absolute Gasteiger partial charge is 0.462 e. The highest BCUT2D eigenvalue weighted by Crippen LogP contribution is 2.53. The number of hydrogen-bond acceptors (Lipinski definition) is 3. The first-order valence-electron chi connectivity index (χ1n) is 6.18. The molecule has 1 saturated carbocycles. The summed E-state index contributed by atoms with van der Waals surface area (Å²) in [6.45, 7) is 4.75. The lowest BCUT2D eigenvalue weighted by Crippen LogP contribution is -2.40. The van der Waals surface area contributed by atoms with Crippen LogP contribution in [0.1, 0.15) is 46.0 Å². The van der Waals surface area contributed by atoms with Gasteiger partial charge in [-0.05, 0) is 30.2 Å². The number of carbonyl (C=O) groups is 1. The van der Waals surface area contributed by atoms with Gasteiger partial charge < -0.3 is 4.74 Å². The molecule has 1 aliphatic carbocycles. The summed E-state index contributed by atoms with van der Waals surface area (Å²) < 4.78 is 5.35. The number of hydrogen-bond donors (Lipinski definition) is 0. The molecular weight excluding hydrogens is 218 g/mol. The Morgan fingerprint density at radius 1 is 1.53 bits per heavy atom. The van der Waals surface area contributed by atoms with E-state index in [1.807, 2.05) is 0 Å².